The molecule has 3 N–H and O–H groups in total. The Morgan fingerprint density at radius 3 is 2.68 bits per heavy atom. The zero-order valence-electron chi connectivity index (χ0n) is 13.7. The average Bonchev–Trinajstić information content (AvgIpc) is 2.48. The standard InChI is InChI=1S/C17H24N4O/c1-6-9-11(4)12(8-3)16-20-14(13(18)10-7-2)15(19-5)17(22)21-16/h6,8-9,18-19H,3,7,10H2,1-2,4-5H3,(H,20,21,22)/b9-6-,12-11+,18-13?. The van der Waals surface area contributed by atoms with Gasteiger partial charge in [-0.15, -0.1) is 0 Å². The van der Waals surface area contributed by atoms with E-state index in [0.717, 1.165) is 17.6 Å². The molecule has 118 valence electrons. The Hall–Kier alpha value is -2.43. The lowest BCUT2D eigenvalue weighted by Crippen LogP contribution is -2.21. The monoisotopic (exact) mass is 300 g/mol. The second-order valence-corrected chi connectivity index (χ2v) is 4.92. The van der Waals surface area contributed by atoms with E-state index in [1.807, 2.05) is 32.9 Å². The molecule has 5 heteroatoms. The fraction of sp³-hybridized carbons (Fsp3) is 0.353. The van der Waals surface area contributed by atoms with Crippen molar-refractivity contribution in [2.75, 3.05) is 12.4 Å². The summed E-state index contributed by atoms with van der Waals surface area (Å²) < 4.78 is 0. The molecule has 0 saturated carbocycles. The van der Waals surface area contributed by atoms with E-state index >= 15 is 0 Å². The van der Waals surface area contributed by atoms with Crippen LogP contribution in [-0.4, -0.2) is 22.7 Å². The van der Waals surface area contributed by atoms with Gasteiger partial charge in [0.15, 0.2) is 0 Å². The number of nitrogens with one attached hydrogen (secondary N) is 3. The first kappa shape index (κ1) is 17.6. The quantitative estimate of drug-likeness (QED) is 0.532. The van der Waals surface area contributed by atoms with Gasteiger partial charge in [-0.25, -0.2) is 4.98 Å². The molecule has 1 rings (SSSR count). The normalized spacial score (nSPS) is 12.2. The maximum Gasteiger partial charge on any atom is 0.275 e. The molecular formula is C17H24N4O. The van der Waals surface area contributed by atoms with Crippen LogP contribution in [0.4, 0.5) is 5.69 Å². The lowest BCUT2D eigenvalue weighted by Gasteiger charge is -2.12. The van der Waals surface area contributed by atoms with Crippen LogP contribution in [0.2, 0.25) is 0 Å². The largest absolute Gasteiger partial charge is 0.382 e. The van der Waals surface area contributed by atoms with E-state index in [1.54, 1.807) is 13.1 Å². The Morgan fingerprint density at radius 2 is 2.18 bits per heavy atom. The summed E-state index contributed by atoms with van der Waals surface area (Å²) in [5, 5.41) is 11.0. The Balaban J connectivity index is 3.59. The number of anilines is 1. The Labute approximate surface area is 131 Å². The van der Waals surface area contributed by atoms with Crippen LogP contribution in [0.5, 0.6) is 0 Å². The van der Waals surface area contributed by atoms with Gasteiger partial charge in [0.05, 0.1) is 5.71 Å². The molecule has 0 saturated heterocycles. The Kier molecular flexibility index (Phi) is 6.50. The molecule has 0 aliphatic heterocycles. The van der Waals surface area contributed by atoms with Crippen molar-refractivity contribution in [3.8, 4) is 0 Å². The first-order valence-corrected chi connectivity index (χ1v) is 7.36. The predicted molar refractivity (Wildman–Crippen MR) is 93.7 cm³/mol. The number of allylic oxidation sites excluding steroid dienone is 5. The molecule has 0 bridgehead atoms. The summed E-state index contributed by atoms with van der Waals surface area (Å²) in [6, 6.07) is 0. The molecule has 0 aliphatic rings. The zero-order valence-corrected chi connectivity index (χ0v) is 13.7. The van der Waals surface area contributed by atoms with Crippen molar-refractivity contribution < 1.29 is 0 Å². The molecule has 0 unspecified atom stereocenters. The van der Waals surface area contributed by atoms with Crippen LogP contribution in [0, 0.1) is 5.41 Å². The zero-order chi connectivity index (χ0) is 16.7. The molecule has 1 aromatic rings. The van der Waals surface area contributed by atoms with Crippen molar-refractivity contribution >= 4 is 17.0 Å². The number of nitrogens with zero attached hydrogens (tertiary/aromatic N) is 1. The topological polar surface area (TPSA) is 81.6 Å². The molecule has 0 aliphatic carbocycles. The van der Waals surface area contributed by atoms with Gasteiger partial charge in [-0.3, -0.25) is 4.79 Å². The minimum atomic E-state index is -0.281. The van der Waals surface area contributed by atoms with Crippen molar-refractivity contribution in [3.05, 3.63) is 52.3 Å². The smallest absolute Gasteiger partial charge is 0.275 e. The van der Waals surface area contributed by atoms with Gasteiger partial charge in [-0.1, -0.05) is 38.2 Å². The summed E-state index contributed by atoms with van der Waals surface area (Å²) in [4.78, 5) is 19.5. The van der Waals surface area contributed by atoms with Crippen molar-refractivity contribution in [3.63, 3.8) is 0 Å². The van der Waals surface area contributed by atoms with Crippen molar-refractivity contribution in [1.29, 1.82) is 5.41 Å². The number of aromatic amines is 1. The van der Waals surface area contributed by atoms with Crippen LogP contribution in [-0.2, 0) is 0 Å². The van der Waals surface area contributed by atoms with Gasteiger partial charge in [0.2, 0.25) is 0 Å². The number of H-pyrrole nitrogens is 1. The second-order valence-electron chi connectivity index (χ2n) is 4.92. The first-order valence-electron chi connectivity index (χ1n) is 7.36. The molecule has 0 fully saturated rings. The highest BCUT2D eigenvalue weighted by molar-refractivity contribution is 6.01. The molecule has 5 nitrogen and oxygen atoms in total. The van der Waals surface area contributed by atoms with Crippen LogP contribution < -0.4 is 10.9 Å². The Morgan fingerprint density at radius 1 is 1.50 bits per heavy atom. The highest BCUT2D eigenvalue weighted by Gasteiger charge is 2.15. The van der Waals surface area contributed by atoms with Gasteiger partial charge in [0, 0.05) is 12.6 Å². The van der Waals surface area contributed by atoms with E-state index < -0.39 is 0 Å². The van der Waals surface area contributed by atoms with Gasteiger partial charge in [0.1, 0.15) is 17.2 Å². The summed E-state index contributed by atoms with van der Waals surface area (Å²) in [7, 11) is 1.66. The van der Waals surface area contributed by atoms with Gasteiger partial charge in [0.25, 0.3) is 5.56 Å². The third-order valence-electron chi connectivity index (χ3n) is 3.26. The van der Waals surface area contributed by atoms with Gasteiger partial charge >= 0.3 is 0 Å². The summed E-state index contributed by atoms with van der Waals surface area (Å²) in [6.45, 7) is 9.65. The highest BCUT2D eigenvalue weighted by atomic mass is 16.1. The van der Waals surface area contributed by atoms with E-state index in [-0.39, 0.29) is 5.56 Å². The molecular weight excluding hydrogens is 276 g/mol. The molecule has 0 aromatic carbocycles. The van der Waals surface area contributed by atoms with E-state index in [2.05, 4.69) is 21.9 Å². The minimum absolute atomic E-state index is 0.281. The lowest BCUT2D eigenvalue weighted by molar-refractivity contribution is 0.969. The van der Waals surface area contributed by atoms with Crippen molar-refractivity contribution in [2.45, 2.75) is 33.6 Å². The summed E-state index contributed by atoms with van der Waals surface area (Å²) in [6.07, 6.45) is 6.91. The van der Waals surface area contributed by atoms with E-state index in [1.165, 1.54) is 0 Å². The number of hydrogen-bond acceptors (Lipinski definition) is 4. The van der Waals surface area contributed by atoms with Crippen molar-refractivity contribution in [1.82, 2.24) is 9.97 Å². The van der Waals surface area contributed by atoms with Crippen molar-refractivity contribution in [2.24, 2.45) is 0 Å². The van der Waals surface area contributed by atoms with E-state index in [9.17, 15) is 4.79 Å². The lowest BCUT2D eigenvalue weighted by atomic mass is 10.1. The van der Waals surface area contributed by atoms with Crippen LogP contribution in [0.25, 0.3) is 5.57 Å². The van der Waals surface area contributed by atoms with E-state index in [0.29, 0.717) is 29.3 Å². The molecule has 0 amide bonds. The van der Waals surface area contributed by atoms with Gasteiger partial charge < -0.3 is 15.7 Å². The van der Waals surface area contributed by atoms with Crippen LogP contribution in [0.1, 0.15) is 45.1 Å². The first-order chi connectivity index (χ1) is 10.5. The fourth-order valence-corrected chi connectivity index (χ4v) is 2.20. The third kappa shape index (κ3) is 3.81. The van der Waals surface area contributed by atoms with Crippen LogP contribution in [0.15, 0.2) is 35.2 Å². The average molecular weight is 300 g/mol. The predicted octanol–water partition coefficient (Wildman–Crippen LogP) is 3.52. The van der Waals surface area contributed by atoms with Crippen LogP contribution >= 0.6 is 0 Å². The number of rotatable bonds is 7. The molecule has 0 spiro atoms. The molecule has 0 atom stereocenters. The molecule has 22 heavy (non-hydrogen) atoms. The SMILES string of the molecule is C=C/C(=C(C)\C=C/C)c1nc(C(=N)CCC)c(NC)c(=O)[nH]1. The number of aromatic nitrogens is 2. The fourth-order valence-electron chi connectivity index (χ4n) is 2.20. The molecule has 0 radical (unpaired) electrons. The van der Waals surface area contributed by atoms with Crippen LogP contribution in [0.3, 0.4) is 0 Å². The third-order valence-corrected chi connectivity index (χ3v) is 3.26. The maximum atomic E-state index is 12.3. The minimum Gasteiger partial charge on any atom is -0.382 e. The summed E-state index contributed by atoms with van der Waals surface area (Å²) >= 11 is 0. The maximum absolute atomic E-state index is 12.3. The summed E-state index contributed by atoms with van der Waals surface area (Å²) in [5.41, 5.74) is 2.50. The summed E-state index contributed by atoms with van der Waals surface area (Å²) in [5.74, 6) is 0.436. The van der Waals surface area contributed by atoms with Gasteiger partial charge in [-0.05, 0) is 25.8 Å². The molecule has 1 aromatic heterocycles. The van der Waals surface area contributed by atoms with Gasteiger partial charge in [-0.2, -0.15) is 0 Å². The second kappa shape index (κ2) is 8.12. The van der Waals surface area contributed by atoms with E-state index in [4.69, 9.17) is 5.41 Å². The number of hydrogen-bond donors (Lipinski definition) is 3. The Bertz CT molecular complexity index is 680. The molecule has 1 heterocycles. The highest BCUT2D eigenvalue weighted by Crippen LogP contribution is 2.19.